The summed E-state index contributed by atoms with van der Waals surface area (Å²) < 4.78 is 9.58. The lowest BCUT2D eigenvalue weighted by Gasteiger charge is -2.13. The van der Waals surface area contributed by atoms with Crippen LogP contribution >= 0.6 is 0 Å². The Morgan fingerprint density at radius 2 is 1.50 bits per heavy atom. The van der Waals surface area contributed by atoms with E-state index in [1.807, 2.05) is 13.8 Å². The van der Waals surface area contributed by atoms with Gasteiger partial charge in [0.05, 0.1) is 0 Å². The molecule has 0 aliphatic heterocycles. The third-order valence-corrected chi connectivity index (χ3v) is 1.59. The minimum atomic E-state index is -0.806. The van der Waals surface area contributed by atoms with Crippen molar-refractivity contribution in [2.45, 2.75) is 38.9 Å². The normalized spacial score (nSPS) is 13.1. The molecule has 0 bridgehead atoms. The van der Waals surface area contributed by atoms with Gasteiger partial charge >= 0.3 is 6.16 Å². The van der Waals surface area contributed by atoms with Crippen molar-refractivity contribution < 1.29 is 14.3 Å². The van der Waals surface area contributed by atoms with Gasteiger partial charge in [0, 0.05) is 0 Å². The van der Waals surface area contributed by atoms with Gasteiger partial charge < -0.3 is 9.47 Å². The molecule has 76 valence electrons. The minimum absolute atomic E-state index is 0.544. The molecule has 3 nitrogen and oxygen atoms in total. The summed E-state index contributed by atoms with van der Waals surface area (Å²) in [6, 6.07) is 0. The predicted octanol–water partition coefficient (Wildman–Crippen LogP) is 1.96. The van der Waals surface area contributed by atoms with Gasteiger partial charge in [-0.25, -0.2) is 4.79 Å². The van der Waals surface area contributed by atoms with Crippen LogP contribution in [0.15, 0.2) is 0 Å². The Hall–Kier alpha value is -1.61. The quantitative estimate of drug-likeness (QED) is 0.507. The van der Waals surface area contributed by atoms with Crippen molar-refractivity contribution in [3.8, 4) is 24.7 Å². The summed E-state index contributed by atoms with van der Waals surface area (Å²) in [5.74, 6) is 4.63. The van der Waals surface area contributed by atoms with Crippen LogP contribution in [0.3, 0.4) is 0 Å². The van der Waals surface area contributed by atoms with Crippen LogP contribution in [-0.2, 0) is 9.47 Å². The second-order valence-electron chi connectivity index (χ2n) is 2.61. The second kappa shape index (κ2) is 6.86. The van der Waals surface area contributed by atoms with Crippen molar-refractivity contribution in [3.05, 3.63) is 0 Å². The Bertz CT molecular complexity index is 231. The van der Waals surface area contributed by atoms with E-state index in [0.29, 0.717) is 12.8 Å². The first-order valence-electron chi connectivity index (χ1n) is 4.47. The highest BCUT2D eigenvalue weighted by molar-refractivity contribution is 5.61. The summed E-state index contributed by atoms with van der Waals surface area (Å²) in [5, 5.41) is 0. The Morgan fingerprint density at radius 3 is 1.71 bits per heavy atom. The molecule has 0 spiro atoms. The molecule has 0 radical (unpaired) electrons. The van der Waals surface area contributed by atoms with Gasteiger partial charge in [-0.15, -0.1) is 12.8 Å². The summed E-state index contributed by atoms with van der Waals surface area (Å²) in [6.45, 7) is 3.63. The monoisotopic (exact) mass is 194 g/mol. The number of terminal acetylenes is 2. The van der Waals surface area contributed by atoms with E-state index in [4.69, 9.17) is 22.3 Å². The first kappa shape index (κ1) is 12.4. The fourth-order valence-corrected chi connectivity index (χ4v) is 0.730. The van der Waals surface area contributed by atoms with E-state index in [2.05, 4.69) is 11.8 Å². The predicted molar refractivity (Wildman–Crippen MR) is 53.4 cm³/mol. The SMILES string of the molecule is C#CC(CC)OC(=O)OC(C#C)CC. The van der Waals surface area contributed by atoms with E-state index in [9.17, 15) is 4.79 Å². The lowest BCUT2D eigenvalue weighted by Crippen LogP contribution is -2.21. The van der Waals surface area contributed by atoms with Crippen LogP contribution in [-0.4, -0.2) is 18.4 Å². The number of carbonyl (C=O) groups excluding carboxylic acids is 1. The summed E-state index contributed by atoms with van der Waals surface area (Å²) in [7, 11) is 0. The van der Waals surface area contributed by atoms with E-state index in [1.165, 1.54) is 0 Å². The second-order valence-corrected chi connectivity index (χ2v) is 2.61. The van der Waals surface area contributed by atoms with Gasteiger partial charge in [-0.3, -0.25) is 0 Å². The third kappa shape index (κ3) is 4.42. The van der Waals surface area contributed by atoms with Crippen molar-refractivity contribution in [2.24, 2.45) is 0 Å². The van der Waals surface area contributed by atoms with E-state index in [1.54, 1.807) is 0 Å². The molecular weight excluding hydrogens is 180 g/mol. The maximum atomic E-state index is 11.1. The lowest BCUT2D eigenvalue weighted by atomic mass is 10.3. The molecule has 0 rings (SSSR count). The van der Waals surface area contributed by atoms with Gasteiger partial charge in [-0.05, 0) is 12.8 Å². The number of hydrogen-bond donors (Lipinski definition) is 0. The maximum Gasteiger partial charge on any atom is 0.510 e. The zero-order chi connectivity index (χ0) is 11.0. The fourth-order valence-electron chi connectivity index (χ4n) is 0.730. The molecule has 0 amide bonds. The number of ether oxygens (including phenoxy) is 2. The topological polar surface area (TPSA) is 35.5 Å². The molecule has 0 aliphatic rings. The Balaban J connectivity index is 3.99. The standard InChI is InChI=1S/C11H14O3/c1-5-9(6-2)13-11(12)14-10(7-3)8-4/h1,3,9-10H,6,8H2,2,4H3. The maximum absolute atomic E-state index is 11.1. The lowest BCUT2D eigenvalue weighted by molar-refractivity contribution is 0.0242. The Kier molecular flexibility index (Phi) is 6.07. The fraction of sp³-hybridized carbons (Fsp3) is 0.545. The molecule has 0 fully saturated rings. The number of carbonyl (C=O) groups is 1. The smallest absolute Gasteiger partial charge is 0.418 e. The van der Waals surface area contributed by atoms with Crippen molar-refractivity contribution in [3.63, 3.8) is 0 Å². The van der Waals surface area contributed by atoms with Gasteiger partial charge in [0.25, 0.3) is 0 Å². The largest absolute Gasteiger partial charge is 0.510 e. The Morgan fingerprint density at radius 1 is 1.14 bits per heavy atom. The van der Waals surface area contributed by atoms with Gasteiger partial charge in [0.1, 0.15) is 0 Å². The van der Waals surface area contributed by atoms with Gasteiger partial charge in [-0.2, -0.15) is 0 Å². The summed E-state index contributed by atoms with van der Waals surface area (Å²) in [4.78, 5) is 11.1. The molecule has 3 heteroatoms. The number of rotatable bonds is 4. The first-order chi connectivity index (χ1) is 6.67. The van der Waals surface area contributed by atoms with Crippen LogP contribution in [0.2, 0.25) is 0 Å². The molecule has 0 aromatic heterocycles. The molecule has 0 saturated carbocycles. The average Bonchev–Trinajstić information content (AvgIpc) is 2.22. The van der Waals surface area contributed by atoms with Crippen LogP contribution in [0.1, 0.15) is 26.7 Å². The van der Waals surface area contributed by atoms with Crippen molar-refractivity contribution in [1.29, 1.82) is 0 Å². The van der Waals surface area contributed by atoms with Crippen LogP contribution in [0.4, 0.5) is 4.79 Å². The van der Waals surface area contributed by atoms with Gasteiger partial charge in [-0.1, -0.05) is 25.7 Å². The summed E-state index contributed by atoms with van der Waals surface area (Å²) >= 11 is 0. The van der Waals surface area contributed by atoms with Crippen LogP contribution in [0.5, 0.6) is 0 Å². The van der Waals surface area contributed by atoms with Crippen LogP contribution < -0.4 is 0 Å². The van der Waals surface area contributed by atoms with Gasteiger partial charge in [0.2, 0.25) is 0 Å². The third-order valence-electron chi connectivity index (χ3n) is 1.59. The molecule has 0 aliphatic carbocycles. The van der Waals surface area contributed by atoms with E-state index < -0.39 is 18.4 Å². The van der Waals surface area contributed by atoms with E-state index >= 15 is 0 Å². The zero-order valence-electron chi connectivity index (χ0n) is 8.45. The molecule has 0 aromatic rings. The molecule has 14 heavy (non-hydrogen) atoms. The highest BCUT2D eigenvalue weighted by Crippen LogP contribution is 2.03. The van der Waals surface area contributed by atoms with Crippen LogP contribution in [0, 0.1) is 24.7 Å². The summed E-state index contributed by atoms with van der Waals surface area (Å²) in [6.07, 6.45) is 9.42. The summed E-state index contributed by atoms with van der Waals surface area (Å²) in [5.41, 5.74) is 0. The highest BCUT2D eigenvalue weighted by Gasteiger charge is 2.14. The molecule has 0 heterocycles. The Labute approximate surface area is 84.8 Å². The van der Waals surface area contributed by atoms with Crippen LogP contribution in [0.25, 0.3) is 0 Å². The average molecular weight is 194 g/mol. The zero-order valence-corrected chi connectivity index (χ0v) is 8.45. The molecule has 0 saturated heterocycles. The van der Waals surface area contributed by atoms with Gasteiger partial charge in [0.15, 0.2) is 12.2 Å². The minimum Gasteiger partial charge on any atom is -0.418 e. The molecule has 0 N–H and O–H groups in total. The van der Waals surface area contributed by atoms with Crippen molar-refractivity contribution in [2.75, 3.05) is 0 Å². The first-order valence-corrected chi connectivity index (χ1v) is 4.47. The van der Waals surface area contributed by atoms with Crippen molar-refractivity contribution >= 4 is 6.16 Å². The van der Waals surface area contributed by atoms with Crippen molar-refractivity contribution in [1.82, 2.24) is 0 Å². The molecule has 0 aromatic carbocycles. The highest BCUT2D eigenvalue weighted by atomic mass is 16.7. The number of hydrogen-bond acceptors (Lipinski definition) is 3. The molecular formula is C11H14O3. The van der Waals surface area contributed by atoms with E-state index in [0.717, 1.165) is 0 Å². The van der Waals surface area contributed by atoms with E-state index in [-0.39, 0.29) is 0 Å². The molecule has 2 atom stereocenters. The molecule has 2 unspecified atom stereocenters.